The lowest BCUT2D eigenvalue weighted by Crippen LogP contribution is -2.06. The lowest BCUT2D eigenvalue weighted by Gasteiger charge is -2.12. The molecule has 0 aliphatic carbocycles. The minimum atomic E-state index is -0.647. The van der Waals surface area contributed by atoms with Crippen molar-refractivity contribution in [3.63, 3.8) is 0 Å². The first-order chi connectivity index (χ1) is 8.95. The van der Waals surface area contributed by atoms with E-state index in [1.54, 1.807) is 13.8 Å². The summed E-state index contributed by atoms with van der Waals surface area (Å²) in [4.78, 5) is 8.29. The number of nitrogens with two attached hydrogens (primary N) is 1. The second-order valence-corrected chi connectivity index (χ2v) is 4.41. The van der Waals surface area contributed by atoms with Crippen LogP contribution < -0.4 is 5.73 Å². The van der Waals surface area contributed by atoms with E-state index in [1.807, 2.05) is 6.92 Å². The maximum Gasteiger partial charge on any atom is 0.138 e. The van der Waals surface area contributed by atoms with Crippen molar-refractivity contribution in [3.8, 4) is 11.3 Å². The number of rotatable bonds is 2. The van der Waals surface area contributed by atoms with Crippen molar-refractivity contribution in [2.45, 2.75) is 27.2 Å². The highest BCUT2D eigenvalue weighted by molar-refractivity contribution is 5.69. The maximum absolute atomic E-state index is 14.2. The summed E-state index contributed by atoms with van der Waals surface area (Å²) < 4.78 is 28.1. The molecule has 19 heavy (non-hydrogen) atoms. The van der Waals surface area contributed by atoms with Crippen molar-refractivity contribution >= 4 is 5.82 Å². The van der Waals surface area contributed by atoms with E-state index < -0.39 is 11.6 Å². The van der Waals surface area contributed by atoms with Gasteiger partial charge in [0.05, 0.1) is 11.3 Å². The van der Waals surface area contributed by atoms with E-state index in [2.05, 4.69) is 9.97 Å². The van der Waals surface area contributed by atoms with Crippen molar-refractivity contribution in [1.29, 1.82) is 0 Å². The van der Waals surface area contributed by atoms with Gasteiger partial charge in [0.1, 0.15) is 23.3 Å². The summed E-state index contributed by atoms with van der Waals surface area (Å²) in [7, 11) is 0. The normalized spacial score (nSPS) is 10.8. The van der Waals surface area contributed by atoms with Crippen LogP contribution in [0.15, 0.2) is 12.1 Å². The van der Waals surface area contributed by atoms with Crippen LogP contribution in [-0.4, -0.2) is 9.97 Å². The lowest BCUT2D eigenvalue weighted by molar-refractivity contribution is 0.582. The summed E-state index contributed by atoms with van der Waals surface area (Å²) >= 11 is 0. The van der Waals surface area contributed by atoms with Crippen molar-refractivity contribution in [2.24, 2.45) is 0 Å². The molecule has 1 heterocycles. The summed E-state index contributed by atoms with van der Waals surface area (Å²) in [5.41, 5.74) is 6.72. The van der Waals surface area contributed by atoms with Gasteiger partial charge >= 0.3 is 0 Å². The van der Waals surface area contributed by atoms with E-state index in [0.717, 1.165) is 0 Å². The van der Waals surface area contributed by atoms with Crippen LogP contribution >= 0.6 is 0 Å². The SMILES string of the molecule is CCc1nc(N)c(C)c(-c2c(F)ccc(C)c2F)n1. The zero-order valence-electron chi connectivity index (χ0n) is 11.1. The third-order valence-corrected chi connectivity index (χ3v) is 3.07. The van der Waals surface area contributed by atoms with Crippen molar-refractivity contribution in [3.05, 3.63) is 40.7 Å². The molecule has 0 aliphatic heterocycles. The molecule has 0 saturated carbocycles. The molecule has 2 rings (SSSR count). The molecule has 0 amide bonds. The molecule has 1 aromatic heterocycles. The van der Waals surface area contributed by atoms with Gasteiger partial charge in [-0.05, 0) is 25.5 Å². The molecule has 0 aliphatic rings. The fraction of sp³-hybridized carbons (Fsp3) is 0.286. The molecule has 0 spiro atoms. The largest absolute Gasteiger partial charge is 0.383 e. The Balaban J connectivity index is 2.79. The van der Waals surface area contributed by atoms with Crippen LogP contribution in [0.25, 0.3) is 11.3 Å². The first-order valence-electron chi connectivity index (χ1n) is 6.03. The molecule has 3 nitrogen and oxygen atoms in total. The Morgan fingerprint density at radius 2 is 1.84 bits per heavy atom. The molecule has 0 fully saturated rings. The minimum absolute atomic E-state index is 0.138. The monoisotopic (exact) mass is 263 g/mol. The van der Waals surface area contributed by atoms with Crippen LogP contribution in [0.5, 0.6) is 0 Å². The Bertz CT molecular complexity index is 639. The average Bonchev–Trinajstić information content (AvgIpc) is 2.39. The molecule has 0 unspecified atom stereocenters. The number of halogens is 2. The Morgan fingerprint density at radius 3 is 2.47 bits per heavy atom. The van der Waals surface area contributed by atoms with E-state index in [9.17, 15) is 8.78 Å². The zero-order valence-corrected chi connectivity index (χ0v) is 11.1. The third-order valence-electron chi connectivity index (χ3n) is 3.07. The molecule has 0 bridgehead atoms. The van der Waals surface area contributed by atoms with Crippen LogP contribution in [0.4, 0.5) is 14.6 Å². The number of benzene rings is 1. The Kier molecular flexibility index (Phi) is 3.46. The number of nitrogen functional groups attached to an aromatic ring is 1. The van der Waals surface area contributed by atoms with Gasteiger partial charge < -0.3 is 5.73 Å². The minimum Gasteiger partial charge on any atom is -0.383 e. The topological polar surface area (TPSA) is 51.8 Å². The molecule has 5 heteroatoms. The predicted octanol–water partition coefficient (Wildman–Crippen LogP) is 3.18. The summed E-state index contributed by atoms with van der Waals surface area (Å²) in [6.45, 7) is 5.10. The van der Waals surface area contributed by atoms with Gasteiger partial charge in [-0.15, -0.1) is 0 Å². The molecule has 1 aromatic carbocycles. The first kappa shape index (κ1) is 13.4. The predicted molar refractivity (Wildman–Crippen MR) is 70.6 cm³/mol. The lowest BCUT2D eigenvalue weighted by atomic mass is 10.0. The second kappa shape index (κ2) is 4.91. The van der Waals surface area contributed by atoms with Gasteiger partial charge in [-0.3, -0.25) is 0 Å². The van der Waals surface area contributed by atoms with Gasteiger partial charge in [-0.2, -0.15) is 0 Å². The van der Waals surface area contributed by atoms with Crippen molar-refractivity contribution < 1.29 is 8.78 Å². The van der Waals surface area contributed by atoms with E-state index in [1.165, 1.54) is 12.1 Å². The molecule has 0 saturated heterocycles. The number of nitrogens with zero attached hydrogens (tertiary/aromatic N) is 2. The van der Waals surface area contributed by atoms with E-state index in [4.69, 9.17) is 5.73 Å². The van der Waals surface area contributed by atoms with Crippen LogP contribution in [0.2, 0.25) is 0 Å². The van der Waals surface area contributed by atoms with Crippen LogP contribution in [0, 0.1) is 25.5 Å². The van der Waals surface area contributed by atoms with Gasteiger partial charge in [0, 0.05) is 12.0 Å². The Hall–Kier alpha value is -2.04. The number of aromatic nitrogens is 2. The highest BCUT2D eigenvalue weighted by Gasteiger charge is 2.19. The third kappa shape index (κ3) is 2.28. The number of anilines is 1. The summed E-state index contributed by atoms with van der Waals surface area (Å²) in [5, 5.41) is 0. The zero-order chi connectivity index (χ0) is 14.2. The molecule has 0 radical (unpaired) electrons. The molecule has 100 valence electrons. The average molecular weight is 263 g/mol. The summed E-state index contributed by atoms with van der Waals surface area (Å²) in [6.07, 6.45) is 0.548. The van der Waals surface area contributed by atoms with Gasteiger partial charge in [0.15, 0.2) is 0 Å². The second-order valence-electron chi connectivity index (χ2n) is 4.41. The highest BCUT2D eigenvalue weighted by Crippen LogP contribution is 2.30. The number of aryl methyl sites for hydroxylation is 2. The maximum atomic E-state index is 14.2. The molecular weight excluding hydrogens is 248 g/mol. The Labute approximate surface area is 110 Å². The molecule has 0 atom stereocenters. The van der Waals surface area contributed by atoms with E-state index in [0.29, 0.717) is 23.4 Å². The summed E-state index contributed by atoms with van der Waals surface area (Å²) in [5.74, 6) is -0.532. The quantitative estimate of drug-likeness (QED) is 0.905. The van der Waals surface area contributed by atoms with Crippen molar-refractivity contribution in [1.82, 2.24) is 9.97 Å². The molecule has 2 aromatic rings. The van der Waals surface area contributed by atoms with Crippen LogP contribution in [0.3, 0.4) is 0 Å². The highest BCUT2D eigenvalue weighted by atomic mass is 19.1. The smallest absolute Gasteiger partial charge is 0.138 e. The van der Waals surface area contributed by atoms with E-state index >= 15 is 0 Å². The van der Waals surface area contributed by atoms with Gasteiger partial charge in [0.2, 0.25) is 0 Å². The van der Waals surface area contributed by atoms with Crippen LogP contribution in [0.1, 0.15) is 23.9 Å². The van der Waals surface area contributed by atoms with Gasteiger partial charge in [0.25, 0.3) is 0 Å². The van der Waals surface area contributed by atoms with Crippen molar-refractivity contribution in [2.75, 3.05) is 5.73 Å². The van der Waals surface area contributed by atoms with Gasteiger partial charge in [-0.1, -0.05) is 13.0 Å². The number of hydrogen-bond acceptors (Lipinski definition) is 3. The van der Waals surface area contributed by atoms with Crippen LogP contribution in [-0.2, 0) is 6.42 Å². The standard InChI is InChI=1S/C14H15F2N3/c1-4-10-18-13(8(3)14(17)19-10)11-9(15)6-5-7(2)12(11)16/h5-6H,4H2,1-3H3,(H2,17,18,19). The first-order valence-corrected chi connectivity index (χ1v) is 6.03. The fourth-order valence-corrected chi connectivity index (χ4v) is 1.86. The molecular formula is C14H15F2N3. The molecule has 2 N–H and O–H groups in total. The Morgan fingerprint density at radius 1 is 1.16 bits per heavy atom. The number of hydrogen-bond donors (Lipinski definition) is 1. The van der Waals surface area contributed by atoms with E-state index in [-0.39, 0.29) is 17.1 Å². The summed E-state index contributed by atoms with van der Waals surface area (Å²) in [6, 6.07) is 2.63. The fourth-order valence-electron chi connectivity index (χ4n) is 1.86. The van der Waals surface area contributed by atoms with Gasteiger partial charge in [-0.25, -0.2) is 18.7 Å².